The van der Waals surface area contributed by atoms with Crippen molar-refractivity contribution in [3.63, 3.8) is 0 Å². The van der Waals surface area contributed by atoms with E-state index in [1.165, 1.54) is 0 Å². The molecule has 0 saturated carbocycles. The van der Waals surface area contributed by atoms with Crippen molar-refractivity contribution in [2.75, 3.05) is 6.61 Å². The lowest BCUT2D eigenvalue weighted by Gasteiger charge is -2.19. The molecule has 0 saturated heterocycles. The summed E-state index contributed by atoms with van der Waals surface area (Å²) in [5.74, 6) is 0.157. The molecule has 1 aromatic carbocycles. The van der Waals surface area contributed by atoms with Crippen LogP contribution < -0.4 is 10.5 Å². The number of fused-ring (bicyclic) bond motifs is 1. The summed E-state index contributed by atoms with van der Waals surface area (Å²) < 4.78 is 11.2. The molecule has 1 heterocycles. The van der Waals surface area contributed by atoms with Crippen molar-refractivity contribution in [2.45, 2.75) is 20.4 Å². The van der Waals surface area contributed by atoms with E-state index in [0.717, 1.165) is 5.39 Å². The van der Waals surface area contributed by atoms with E-state index in [1.807, 2.05) is 24.3 Å². The molecule has 3 N–H and O–H groups in total. The Balaban J connectivity index is 2.32. The molecular weight excluding hydrogens is 246 g/mol. The van der Waals surface area contributed by atoms with Gasteiger partial charge in [-0.05, 0) is 26.0 Å². The number of aliphatic carboxylic acids is 1. The van der Waals surface area contributed by atoms with Crippen LogP contribution in [0, 0.1) is 5.41 Å². The smallest absolute Gasteiger partial charge is 0.312 e. The van der Waals surface area contributed by atoms with Crippen LogP contribution in [0.4, 0.5) is 0 Å². The standard InChI is InChI=1S/C14H17NO4/c1-14(2,13(16)17)8-18-12-9-5-3-4-6-10(9)19-11(12)7-15/h3-6H,7-8,15H2,1-2H3,(H,16,17). The van der Waals surface area contributed by atoms with Crippen molar-refractivity contribution in [1.82, 2.24) is 0 Å². The first-order valence-electron chi connectivity index (χ1n) is 6.02. The lowest BCUT2D eigenvalue weighted by atomic mass is 9.95. The number of hydrogen-bond acceptors (Lipinski definition) is 4. The Hall–Kier alpha value is -2.01. The zero-order valence-electron chi connectivity index (χ0n) is 11.0. The molecule has 0 fully saturated rings. The second-order valence-corrected chi connectivity index (χ2v) is 5.03. The Morgan fingerprint density at radius 3 is 2.74 bits per heavy atom. The van der Waals surface area contributed by atoms with Gasteiger partial charge in [-0.25, -0.2) is 0 Å². The number of furan rings is 1. The fraction of sp³-hybridized carbons (Fsp3) is 0.357. The molecule has 2 rings (SSSR count). The second kappa shape index (κ2) is 4.93. The van der Waals surface area contributed by atoms with Crippen LogP contribution in [0.15, 0.2) is 28.7 Å². The van der Waals surface area contributed by atoms with Crippen LogP contribution in [0.2, 0.25) is 0 Å². The molecule has 0 aliphatic heterocycles. The van der Waals surface area contributed by atoms with Crippen LogP contribution in [-0.4, -0.2) is 17.7 Å². The number of nitrogens with two attached hydrogens (primary N) is 1. The van der Waals surface area contributed by atoms with E-state index in [9.17, 15) is 4.79 Å². The van der Waals surface area contributed by atoms with Gasteiger partial charge in [0, 0.05) is 0 Å². The van der Waals surface area contributed by atoms with Crippen molar-refractivity contribution in [3.8, 4) is 5.75 Å². The third kappa shape index (κ3) is 2.56. The molecule has 0 atom stereocenters. The van der Waals surface area contributed by atoms with E-state index in [1.54, 1.807) is 13.8 Å². The Morgan fingerprint density at radius 1 is 1.42 bits per heavy atom. The maximum absolute atomic E-state index is 11.1. The summed E-state index contributed by atoms with van der Waals surface area (Å²) in [6, 6.07) is 7.41. The van der Waals surface area contributed by atoms with Crippen LogP contribution in [-0.2, 0) is 11.3 Å². The lowest BCUT2D eigenvalue weighted by Crippen LogP contribution is -2.30. The number of para-hydroxylation sites is 1. The molecule has 5 nitrogen and oxygen atoms in total. The van der Waals surface area contributed by atoms with Gasteiger partial charge in [0.15, 0.2) is 11.5 Å². The second-order valence-electron chi connectivity index (χ2n) is 5.03. The summed E-state index contributed by atoms with van der Waals surface area (Å²) >= 11 is 0. The van der Waals surface area contributed by atoms with Gasteiger partial charge >= 0.3 is 5.97 Å². The largest absolute Gasteiger partial charge is 0.488 e. The van der Waals surface area contributed by atoms with Crippen LogP contribution in [0.25, 0.3) is 11.0 Å². The van der Waals surface area contributed by atoms with Crippen molar-refractivity contribution in [3.05, 3.63) is 30.0 Å². The minimum absolute atomic E-state index is 0.0544. The van der Waals surface area contributed by atoms with Crippen molar-refractivity contribution in [2.24, 2.45) is 11.1 Å². The molecular formula is C14H17NO4. The van der Waals surface area contributed by atoms with Gasteiger partial charge in [-0.15, -0.1) is 0 Å². The van der Waals surface area contributed by atoms with Crippen LogP contribution in [0.3, 0.4) is 0 Å². The first-order chi connectivity index (χ1) is 8.95. The maximum Gasteiger partial charge on any atom is 0.312 e. The van der Waals surface area contributed by atoms with Gasteiger partial charge in [-0.1, -0.05) is 12.1 Å². The van der Waals surface area contributed by atoms with Crippen LogP contribution in [0.5, 0.6) is 5.75 Å². The average molecular weight is 263 g/mol. The number of benzene rings is 1. The van der Waals surface area contributed by atoms with Crippen LogP contribution in [0.1, 0.15) is 19.6 Å². The molecule has 102 valence electrons. The fourth-order valence-electron chi connectivity index (χ4n) is 1.68. The van der Waals surface area contributed by atoms with Gasteiger partial charge in [-0.2, -0.15) is 0 Å². The first kappa shape index (κ1) is 13.4. The summed E-state index contributed by atoms with van der Waals surface area (Å²) in [7, 11) is 0. The lowest BCUT2D eigenvalue weighted by molar-refractivity contribution is -0.148. The number of carboxylic acids is 1. The summed E-state index contributed by atoms with van der Waals surface area (Å²) in [5, 5.41) is 9.89. The predicted octanol–water partition coefficient (Wildman–Crippen LogP) is 2.38. The Labute approximate surface area is 111 Å². The summed E-state index contributed by atoms with van der Waals surface area (Å²) in [6.07, 6.45) is 0. The normalized spacial score (nSPS) is 11.7. The predicted molar refractivity (Wildman–Crippen MR) is 71.0 cm³/mol. The zero-order valence-corrected chi connectivity index (χ0v) is 11.0. The van der Waals surface area contributed by atoms with Gasteiger partial charge < -0.3 is 20.0 Å². The molecule has 0 bridgehead atoms. The highest BCUT2D eigenvalue weighted by molar-refractivity contribution is 5.85. The molecule has 0 radical (unpaired) electrons. The molecule has 2 aromatic rings. The number of ether oxygens (including phenoxy) is 1. The van der Waals surface area contributed by atoms with E-state index in [2.05, 4.69) is 0 Å². The van der Waals surface area contributed by atoms with E-state index in [-0.39, 0.29) is 13.2 Å². The molecule has 0 amide bonds. The third-order valence-corrected chi connectivity index (χ3v) is 2.96. The highest BCUT2D eigenvalue weighted by atomic mass is 16.5. The molecule has 1 aromatic heterocycles. The Morgan fingerprint density at radius 2 is 2.11 bits per heavy atom. The minimum Gasteiger partial charge on any atom is -0.488 e. The van der Waals surface area contributed by atoms with E-state index in [4.69, 9.17) is 20.0 Å². The average Bonchev–Trinajstić information content (AvgIpc) is 2.74. The quantitative estimate of drug-likeness (QED) is 0.865. The molecule has 0 unspecified atom stereocenters. The topological polar surface area (TPSA) is 85.7 Å². The molecule has 0 spiro atoms. The number of hydrogen-bond donors (Lipinski definition) is 2. The SMILES string of the molecule is CC(C)(COc1c(CN)oc2ccccc12)C(=O)O. The van der Waals surface area contributed by atoms with E-state index in [0.29, 0.717) is 17.1 Å². The summed E-state index contributed by atoms with van der Waals surface area (Å²) in [5.41, 5.74) is 5.34. The van der Waals surface area contributed by atoms with E-state index < -0.39 is 11.4 Å². The summed E-state index contributed by atoms with van der Waals surface area (Å²) in [6.45, 7) is 3.48. The van der Waals surface area contributed by atoms with Crippen LogP contribution >= 0.6 is 0 Å². The van der Waals surface area contributed by atoms with Crippen molar-refractivity contribution >= 4 is 16.9 Å². The number of carbonyl (C=O) groups is 1. The maximum atomic E-state index is 11.1. The monoisotopic (exact) mass is 263 g/mol. The molecule has 0 aliphatic carbocycles. The highest BCUT2D eigenvalue weighted by Gasteiger charge is 2.29. The van der Waals surface area contributed by atoms with Gasteiger partial charge in [0.25, 0.3) is 0 Å². The zero-order chi connectivity index (χ0) is 14.0. The van der Waals surface area contributed by atoms with Gasteiger partial charge in [-0.3, -0.25) is 4.79 Å². The number of carboxylic acid groups (broad SMARTS) is 1. The first-order valence-corrected chi connectivity index (χ1v) is 6.02. The molecule has 5 heteroatoms. The minimum atomic E-state index is -0.968. The van der Waals surface area contributed by atoms with Gasteiger partial charge in [0.1, 0.15) is 12.2 Å². The fourth-order valence-corrected chi connectivity index (χ4v) is 1.68. The van der Waals surface area contributed by atoms with Gasteiger partial charge in [0.2, 0.25) is 0 Å². The Bertz CT molecular complexity index is 601. The van der Waals surface area contributed by atoms with Crippen molar-refractivity contribution in [1.29, 1.82) is 0 Å². The molecule has 19 heavy (non-hydrogen) atoms. The Kier molecular flexibility index (Phi) is 3.48. The summed E-state index contributed by atoms with van der Waals surface area (Å²) in [4.78, 5) is 11.1. The molecule has 0 aliphatic rings. The van der Waals surface area contributed by atoms with E-state index >= 15 is 0 Å². The van der Waals surface area contributed by atoms with Crippen molar-refractivity contribution < 1.29 is 19.1 Å². The highest BCUT2D eigenvalue weighted by Crippen LogP contribution is 2.33. The van der Waals surface area contributed by atoms with Gasteiger partial charge in [0.05, 0.1) is 17.3 Å². The number of rotatable bonds is 5. The third-order valence-electron chi connectivity index (χ3n) is 2.96.